The second-order valence-corrected chi connectivity index (χ2v) is 6.85. The van der Waals surface area contributed by atoms with Gasteiger partial charge in [0.1, 0.15) is 16.3 Å². The highest BCUT2D eigenvalue weighted by Gasteiger charge is 2.29. The second kappa shape index (κ2) is 4.98. The van der Waals surface area contributed by atoms with Crippen LogP contribution in [0.5, 0.6) is 0 Å². The second-order valence-electron chi connectivity index (χ2n) is 5.12. The minimum atomic E-state index is -1.12. The zero-order chi connectivity index (χ0) is 15.2. The molecule has 4 rings (SSSR count). The van der Waals surface area contributed by atoms with Crippen molar-refractivity contribution >= 4 is 33.8 Å². The third-order valence-electron chi connectivity index (χ3n) is 3.64. The highest BCUT2D eigenvalue weighted by molar-refractivity contribution is 7.09. The fraction of sp³-hybridized carbons (Fsp3) is 0.133. The number of nitrogens with zero attached hydrogens (tertiary/aromatic N) is 3. The van der Waals surface area contributed by atoms with Gasteiger partial charge in [-0.05, 0) is 42.2 Å². The Balaban J connectivity index is 1.89. The topological polar surface area (TPSA) is 74.7 Å². The largest absolute Gasteiger partial charge is 0.378 e. The van der Waals surface area contributed by atoms with E-state index in [4.69, 9.17) is 0 Å². The molecule has 0 aliphatic carbocycles. The molecule has 0 spiro atoms. The molecule has 110 valence electrons. The van der Waals surface area contributed by atoms with Crippen LogP contribution in [0.1, 0.15) is 17.5 Å². The smallest absolute Gasteiger partial charge is 0.138 e. The van der Waals surface area contributed by atoms with Crippen LogP contribution in [-0.4, -0.2) is 24.7 Å². The van der Waals surface area contributed by atoms with E-state index in [0.29, 0.717) is 5.01 Å². The van der Waals surface area contributed by atoms with Crippen molar-refractivity contribution in [1.29, 1.82) is 0 Å². The molecular formula is C15H12N4OS2. The Hall–Kier alpha value is -2.09. The minimum Gasteiger partial charge on any atom is -0.378 e. The summed E-state index contributed by atoms with van der Waals surface area (Å²) >= 11 is 2.84. The van der Waals surface area contributed by atoms with Crippen LogP contribution in [0.15, 0.2) is 42.0 Å². The third-order valence-corrected chi connectivity index (χ3v) is 5.38. The van der Waals surface area contributed by atoms with Gasteiger partial charge in [-0.15, -0.1) is 11.3 Å². The zero-order valence-corrected chi connectivity index (χ0v) is 13.3. The van der Waals surface area contributed by atoms with E-state index in [9.17, 15) is 5.11 Å². The number of aromatic amines is 1. The van der Waals surface area contributed by atoms with Crippen LogP contribution < -0.4 is 0 Å². The molecule has 0 saturated carbocycles. The number of H-pyrrole nitrogens is 1. The first kappa shape index (κ1) is 13.6. The highest BCUT2D eigenvalue weighted by Crippen LogP contribution is 2.35. The summed E-state index contributed by atoms with van der Waals surface area (Å²) in [6.07, 6.45) is 3.46. The summed E-state index contributed by atoms with van der Waals surface area (Å²) in [5.41, 5.74) is 1.46. The number of rotatable bonds is 3. The van der Waals surface area contributed by atoms with Gasteiger partial charge in [0.2, 0.25) is 0 Å². The molecule has 0 fully saturated rings. The predicted molar refractivity (Wildman–Crippen MR) is 88.0 cm³/mol. The number of nitrogens with one attached hydrogen (secondary N) is 1. The fourth-order valence-corrected chi connectivity index (χ4v) is 3.75. The number of fused-ring (bicyclic) bond motifs is 1. The van der Waals surface area contributed by atoms with Gasteiger partial charge in [-0.3, -0.25) is 5.10 Å². The Kier molecular flexibility index (Phi) is 3.07. The number of hydrogen-bond acceptors (Lipinski definition) is 6. The first-order valence-electron chi connectivity index (χ1n) is 6.68. The van der Waals surface area contributed by atoms with Crippen LogP contribution in [0.2, 0.25) is 0 Å². The molecule has 0 aliphatic heterocycles. The van der Waals surface area contributed by atoms with E-state index in [1.165, 1.54) is 22.9 Å². The Bertz CT molecular complexity index is 910. The van der Waals surface area contributed by atoms with E-state index in [2.05, 4.69) is 19.6 Å². The van der Waals surface area contributed by atoms with Crippen molar-refractivity contribution in [3.63, 3.8) is 0 Å². The molecule has 0 amide bonds. The summed E-state index contributed by atoms with van der Waals surface area (Å²) in [5, 5.41) is 21.8. The summed E-state index contributed by atoms with van der Waals surface area (Å²) in [4.78, 5) is 5.24. The molecule has 0 aliphatic rings. The minimum absolute atomic E-state index is 0.676. The molecule has 0 radical (unpaired) electrons. The van der Waals surface area contributed by atoms with Crippen molar-refractivity contribution in [1.82, 2.24) is 19.6 Å². The van der Waals surface area contributed by atoms with Gasteiger partial charge in [-0.1, -0.05) is 6.07 Å². The van der Waals surface area contributed by atoms with Crippen LogP contribution in [0.25, 0.3) is 21.5 Å². The van der Waals surface area contributed by atoms with Gasteiger partial charge >= 0.3 is 0 Å². The van der Waals surface area contributed by atoms with Crippen molar-refractivity contribution in [3.8, 4) is 10.6 Å². The lowest BCUT2D eigenvalue weighted by molar-refractivity contribution is 0.102. The van der Waals surface area contributed by atoms with Crippen molar-refractivity contribution in [3.05, 3.63) is 52.6 Å². The average molecular weight is 328 g/mol. The summed E-state index contributed by atoms with van der Waals surface area (Å²) in [6.45, 7) is 1.76. The van der Waals surface area contributed by atoms with E-state index in [1.54, 1.807) is 19.3 Å². The first-order chi connectivity index (χ1) is 10.7. The molecule has 2 N–H and O–H groups in total. The lowest BCUT2D eigenvalue weighted by atomic mass is 9.95. The molecule has 0 bridgehead atoms. The summed E-state index contributed by atoms with van der Waals surface area (Å²) < 4.78 is 4.13. The number of benzene rings is 1. The van der Waals surface area contributed by atoms with Gasteiger partial charge in [0.05, 0.1) is 10.4 Å². The summed E-state index contributed by atoms with van der Waals surface area (Å²) in [6, 6.07) is 7.74. The van der Waals surface area contributed by atoms with Crippen LogP contribution >= 0.6 is 22.9 Å². The summed E-state index contributed by atoms with van der Waals surface area (Å²) in [5.74, 6) is 0. The molecule has 22 heavy (non-hydrogen) atoms. The van der Waals surface area contributed by atoms with Gasteiger partial charge in [0.15, 0.2) is 0 Å². The zero-order valence-electron chi connectivity index (χ0n) is 11.6. The van der Waals surface area contributed by atoms with Crippen molar-refractivity contribution in [2.45, 2.75) is 12.5 Å². The standard InChI is InChI=1S/C15H12N4OS2/c1-15(20,14-16-6-7-21-14)9-2-3-11-10(8-9)13(19-18-11)12-4-5-17-22-12/h2-8,20H,1H3,(H,18,19). The number of aliphatic hydroxyl groups is 1. The van der Waals surface area contributed by atoms with E-state index >= 15 is 0 Å². The van der Waals surface area contributed by atoms with E-state index in [1.807, 2.05) is 29.6 Å². The maximum atomic E-state index is 10.9. The van der Waals surface area contributed by atoms with Crippen molar-refractivity contribution in [2.24, 2.45) is 0 Å². The fourth-order valence-electron chi connectivity index (χ4n) is 2.43. The van der Waals surface area contributed by atoms with Crippen molar-refractivity contribution < 1.29 is 5.11 Å². The van der Waals surface area contributed by atoms with Crippen LogP contribution in [0.4, 0.5) is 0 Å². The molecule has 3 heterocycles. The maximum absolute atomic E-state index is 10.9. The van der Waals surface area contributed by atoms with Gasteiger partial charge in [0, 0.05) is 23.2 Å². The van der Waals surface area contributed by atoms with Crippen molar-refractivity contribution in [2.75, 3.05) is 0 Å². The SMILES string of the molecule is CC(O)(c1ccc2[nH]nc(-c3ccns3)c2c1)c1nccs1. The molecule has 1 atom stereocenters. The highest BCUT2D eigenvalue weighted by atomic mass is 32.1. The van der Waals surface area contributed by atoms with Gasteiger partial charge in [-0.2, -0.15) is 5.10 Å². The van der Waals surface area contributed by atoms with Gasteiger partial charge in [0.25, 0.3) is 0 Å². The van der Waals surface area contributed by atoms with Crippen LogP contribution in [-0.2, 0) is 5.60 Å². The van der Waals surface area contributed by atoms with E-state index in [0.717, 1.165) is 27.0 Å². The monoisotopic (exact) mass is 328 g/mol. The first-order valence-corrected chi connectivity index (χ1v) is 8.33. The molecule has 4 aromatic rings. The Morgan fingerprint density at radius 3 is 2.86 bits per heavy atom. The third kappa shape index (κ3) is 2.06. The Morgan fingerprint density at radius 2 is 2.14 bits per heavy atom. The number of aromatic nitrogens is 4. The summed E-state index contributed by atoms with van der Waals surface area (Å²) in [7, 11) is 0. The Morgan fingerprint density at radius 1 is 1.23 bits per heavy atom. The maximum Gasteiger partial charge on any atom is 0.138 e. The molecular weight excluding hydrogens is 316 g/mol. The van der Waals surface area contributed by atoms with Gasteiger partial charge in [-0.25, -0.2) is 9.36 Å². The lowest BCUT2D eigenvalue weighted by Crippen LogP contribution is -2.22. The molecule has 0 saturated heterocycles. The molecule has 5 nitrogen and oxygen atoms in total. The quantitative estimate of drug-likeness (QED) is 0.604. The molecule has 1 unspecified atom stereocenters. The van der Waals surface area contributed by atoms with Crippen LogP contribution in [0, 0.1) is 0 Å². The normalized spacial score (nSPS) is 14.3. The predicted octanol–water partition coefficient (Wildman–Crippen LogP) is 3.40. The van der Waals surface area contributed by atoms with Crippen LogP contribution in [0.3, 0.4) is 0 Å². The van der Waals surface area contributed by atoms with E-state index < -0.39 is 5.60 Å². The molecule has 1 aromatic carbocycles. The number of thiazole rings is 1. The average Bonchev–Trinajstić information content (AvgIpc) is 3.26. The molecule has 3 aromatic heterocycles. The lowest BCUT2D eigenvalue weighted by Gasteiger charge is -2.21. The number of hydrogen-bond donors (Lipinski definition) is 2. The van der Waals surface area contributed by atoms with E-state index in [-0.39, 0.29) is 0 Å². The molecule has 7 heteroatoms. The Labute approximate surface area is 134 Å². The van der Waals surface area contributed by atoms with Gasteiger partial charge < -0.3 is 5.11 Å².